The predicted octanol–water partition coefficient (Wildman–Crippen LogP) is 2.12. The van der Waals surface area contributed by atoms with Gasteiger partial charge in [-0.25, -0.2) is 12.8 Å². The Bertz CT molecular complexity index is 728. The van der Waals surface area contributed by atoms with Gasteiger partial charge in [-0.3, -0.25) is 9.10 Å². The maximum Gasteiger partial charge on any atom is 0.232 e. The monoisotopic (exact) mass is 356 g/mol. The number of hydrogen-bond acceptors (Lipinski definition) is 4. The molecule has 1 amide bonds. The molecule has 1 aliphatic carbocycles. The lowest BCUT2D eigenvalue weighted by Gasteiger charge is -2.26. The van der Waals surface area contributed by atoms with E-state index in [1.165, 1.54) is 22.5 Å². The summed E-state index contributed by atoms with van der Waals surface area (Å²) < 4.78 is 44.5. The van der Waals surface area contributed by atoms with Gasteiger partial charge >= 0.3 is 0 Å². The first-order valence-corrected chi connectivity index (χ1v) is 9.88. The molecule has 0 atom stereocenters. The Kier molecular flexibility index (Phi) is 4.78. The molecular formula is C16H21FN2O4S. The third kappa shape index (κ3) is 3.87. The van der Waals surface area contributed by atoms with E-state index in [-0.39, 0.29) is 23.6 Å². The quantitative estimate of drug-likeness (QED) is 0.877. The van der Waals surface area contributed by atoms with Crippen molar-refractivity contribution in [3.8, 4) is 0 Å². The van der Waals surface area contributed by atoms with Crippen LogP contribution in [0.15, 0.2) is 18.2 Å². The van der Waals surface area contributed by atoms with Crippen molar-refractivity contribution >= 4 is 27.3 Å². The average molecular weight is 356 g/mol. The van der Waals surface area contributed by atoms with Crippen LogP contribution < -0.4 is 9.62 Å². The normalized spacial score (nSPS) is 19.1. The van der Waals surface area contributed by atoms with E-state index < -0.39 is 15.8 Å². The molecule has 1 saturated heterocycles. The van der Waals surface area contributed by atoms with Crippen molar-refractivity contribution in [1.29, 1.82) is 0 Å². The molecule has 3 rings (SSSR count). The second-order valence-corrected chi connectivity index (χ2v) is 8.19. The fraction of sp³-hybridized carbons (Fsp3) is 0.562. The Hall–Kier alpha value is -1.67. The molecular weight excluding hydrogens is 335 g/mol. The Morgan fingerprint density at radius 3 is 2.50 bits per heavy atom. The highest BCUT2D eigenvalue weighted by molar-refractivity contribution is 7.92. The van der Waals surface area contributed by atoms with Gasteiger partial charge in [-0.2, -0.15) is 0 Å². The molecule has 1 saturated carbocycles. The van der Waals surface area contributed by atoms with Gasteiger partial charge in [0.2, 0.25) is 15.9 Å². The number of halogens is 1. The smallest absolute Gasteiger partial charge is 0.232 e. The minimum atomic E-state index is -3.51. The van der Waals surface area contributed by atoms with Crippen LogP contribution in [0.1, 0.15) is 25.7 Å². The summed E-state index contributed by atoms with van der Waals surface area (Å²) in [5, 5.41) is 2.72. The Morgan fingerprint density at radius 1 is 1.25 bits per heavy atom. The SMILES string of the molecule is CS(=O)(=O)N(c1ccc(F)cc1NC(=O)C1CCOCC1)C1CC1. The molecule has 1 aliphatic heterocycles. The first kappa shape index (κ1) is 17.2. The summed E-state index contributed by atoms with van der Waals surface area (Å²) in [6, 6.07) is 3.67. The summed E-state index contributed by atoms with van der Waals surface area (Å²) >= 11 is 0. The van der Waals surface area contributed by atoms with Crippen molar-refractivity contribution in [2.45, 2.75) is 31.7 Å². The third-order valence-electron chi connectivity index (χ3n) is 4.28. The van der Waals surface area contributed by atoms with Crippen LogP contribution in [0.3, 0.4) is 0 Å². The molecule has 132 valence electrons. The number of nitrogens with zero attached hydrogens (tertiary/aromatic N) is 1. The van der Waals surface area contributed by atoms with Crippen LogP contribution in [0.25, 0.3) is 0 Å². The van der Waals surface area contributed by atoms with Gasteiger partial charge in [-0.05, 0) is 43.9 Å². The number of hydrogen-bond donors (Lipinski definition) is 1. The zero-order valence-electron chi connectivity index (χ0n) is 13.5. The maximum atomic E-state index is 13.7. The number of benzene rings is 1. The maximum absolute atomic E-state index is 13.7. The molecule has 0 radical (unpaired) electrons. The van der Waals surface area contributed by atoms with Crippen LogP contribution in [-0.4, -0.2) is 39.8 Å². The molecule has 1 N–H and O–H groups in total. The summed E-state index contributed by atoms with van der Waals surface area (Å²) in [5.41, 5.74) is 0.519. The van der Waals surface area contributed by atoms with E-state index in [0.717, 1.165) is 19.1 Å². The van der Waals surface area contributed by atoms with Gasteiger partial charge in [0.15, 0.2) is 0 Å². The fourth-order valence-electron chi connectivity index (χ4n) is 2.95. The predicted molar refractivity (Wildman–Crippen MR) is 88.9 cm³/mol. The molecule has 0 spiro atoms. The lowest BCUT2D eigenvalue weighted by atomic mass is 9.99. The summed E-state index contributed by atoms with van der Waals surface area (Å²) in [5.74, 6) is -0.956. The van der Waals surface area contributed by atoms with Crippen LogP contribution in [0, 0.1) is 11.7 Å². The van der Waals surface area contributed by atoms with Gasteiger partial charge in [-0.15, -0.1) is 0 Å². The van der Waals surface area contributed by atoms with E-state index in [1.807, 2.05) is 0 Å². The molecule has 0 aromatic heterocycles. The highest BCUT2D eigenvalue weighted by atomic mass is 32.2. The minimum absolute atomic E-state index is 0.121. The van der Waals surface area contributed by atoms with Gasteiger partial charge in [0.05, 0.1) is 17.6 Å². The van der Waals surface area contributed by atoms with Gasteiger partial charge in [0.1, 0.15) is 5.82 Å². The van der Waals surface area contributed by atoms with E-state index in [4.69, 9.17) is 4.74 Å². The van der Waals surface area contributed by atoms with Crippen LogP contribution in [0.2, 0.25) is 0 Å². The van der Waals surface area contributed by atoms with E-state index in [0.29, 0.717) is 31.7 Å². The number of carbonyl (C=O) groups excluding carboxylic acids is 1. The van der Waals surface area contributed by atoms with Crippen LogP contribution >= 0.6 is 0 Å². The Morgan fingerprint density at radius 2 is 1.92 bits per heavy atom. The summed E-state index contributed by atoms with van der Waals surface area (Å²) in [7, 11) is -3.51. The topological polar surface area (TPSA) is 75.7 Å². The summed E-state index contributed by atoms with van der Waals surface area (Å²) in [6.07, 6.45) is 3.86. The number of amides is 1. The highest BCUT2D eigenvalue weighted by Crippen LogP contribution is 2.38. The lowest BCUT2D eigenvalue weighted by Crippen LogP contribution is -2.34. The van der Waals surface area contributed by atoms with Crippen LogP contribution in [0.4, 0.5) is 15.8 Å². The molecule has 1 heterocycles. The van der Waals surface area contributed by atoms with Crippen molar-refractivity contribution in [3.63, 3.8) is 0 Å². The Labute approximate surface area is 141 Å². The van der Waals surface area contributed by atoms with E-state index >= 15 is 0 Å². The Balaban J connectivity index is 1.89. The molecule has 1 aromatic rings. The zero-order chi connectivity index (χ0) is 17.3. The van der Waals surface area contributed by atoms with E-state index in [2.05, 4.69) is 5.32 Å². The van der Waals surface area contributed by atoms with E-state index in [9.17, 15) is 17.6 Å². The summed E-state index contributed by atoms with van der Waals surface area (Å²) in [6.45, 7) is 1.04. The molecule has 0 unspecified atom stereocenters. The van der Waals surface area contributed by atoms with Crippen molar-refractivity contribution in [1.82, 2.24) is 0 Å². The van der Waals surface area contributed by atoms with Gasteiger partial charge < -0.3 is 10.1 Å². The molecule has 2 aliphatic rings. The van der Waals surface area contributed by atoms with E-state index in [1.54, 1.807) is 0 Å². The number of ether oxygens (including phenoxy) is 1. The summed E-state index contributed by atoms with van der Waals surface area (Å²) in [4.78, 5) is 12.4. The van der Waals surface area contributed by atoms with Gasteiger partial charge in [0, 0.05) is 25.2 Å². The molecule has 2 fully saturated rings. The zero-order valence-corrected chi connectivity index (χ0v) is 14.3. The van der Waals surface area contributed by atoms with Crippen LogP contribution in [-0.2, 0) is 19.6 Å². The molecule has 6 nitrogen and oxygen atoms in total. The molecule has 0 bridgehead atoms. The first-order valence-electron chi connectivity index (χ1n) is 8.04. The van der Waals surface area contributed by atoms with Crippen molar-refractivity contribution < 1.29 is 22.3 Å². The van der Waals surface area contributed by atoms with Crippen molar-refractivity contribution in [2.24, 2.45) is 5.92 Å². The standard InChI is InChI=1S/C16H21FN2O4S/c1-24(21,22)19(13-3-4-13)15-5-2-12(17)10-14(15)18-16(20)11-6-8-23-9-7-11/h2,5,10-11,13H,3-4,6-9H2,1H3,(H,18,20). The third-order valence-corrected chi connectivity index (χ3v) is 5.49. The molecule has 1 aromatic carbocycles. The van der Waals surface area contributed by atoms with Gasteiger partial charge in [-0.1, -0.05) is 0 Å². The lowest BCUT2D eigenvalue weighted by molar-refractivity contribution is -0.122. The minimum Gasteiger partial charge on any atom is -0.381 e. The molecule has 8 heteroatoms. The number of carbonyl (C=O) groups is 1. The highest BCUT2D eigenvalue weighted by Gasteiger charge is 2.37. The van der Waals surface area contributed by atoms with Crippen LogP contribution in [0.5, 0.6) is 0 Å². The average Bonchev–Trinajstić information content (AvgIpc) is 3.34. The molecule has 24 heavy (non-hydrogen) atoms. The van der Waals surface area contributed by atoms with Crippen molar-refractivity contribution in [3.05, 3.63) is 24.0 Å². The van der Waals surface area contributed by atoms with Gasteiger partial charge in [0.25, 0.3) is 0 Å². The first-order chi connectivity index (χ1) is 11.4. The number of anilines is 2. The second-order valence-electron chi connectivity index (χ2n) is 6.33. The second kappa shape index (κ2) is 6.68. The number of sulfonamides is 1. The fourth-order valence-corrected chi connectivity index (χ4v) is 4.22. The number of rotatable bonds is 5. The number of nitrogens with one attached hydrogen (secondary N) is 1. The largest absolute Gasteiger partial charge is 0.381 e. The van der Waals surface area contributed by atoms with Crippen molar-refractivity contribution in [2.75, 3.05) is 29.1 Å².